The number of hydrogen-bond donors (Lipinski definition) is 2. The molecular formula is C4H5BN4. The van der Waals surface area contributed by atoms with Gasteiger partial charge in [0.25, 0.3) is 0 Å². The Balaban J connectivity index is 3.27. The first-order valence-electron chi connectivity index (χ1n) is 2.46. The smallest absolute Gasteiger partial charge is 0.168 e. The Morgan fingerprint density at radius 1 is 1.78 bits per heavy atom. The van der Waals surface area contributed by atoms with Crippen LogP contribution >= 0.6 is 0 Å². The van der Waals surface area contributed by atoms with E-state index in [1.165, 1.54) is 0 Å². The molecule has 0 saturated heterocycles. The minimum Gasteiger partial charge on any atom is -0.383 e. The van der Waals surface area contributed by atoms with Crippen LogP contribution in [0.5, 0.6) is 0 Å². The quantitative estimate of drug-likeness (QED) is 0.393. The molecule has 0 radical (unpaired) electrons. The summed E-state index contributed by atoms with van der Waals surface area (Å²) in [6.45, 7) is 0. The summed E-state index contributed by atoms with van der Waals surface area (Å²) in [5, 5.41) is 14.6. The number of aromatic nitrogens is 2. The van der Waals surface area contributed by atoms with Crippen molar-refractivity contribution in [2.24, 2.45) is 0 Å². The first-order chi connectivity index (χ1) is 4.25. The van der Waals surface area contributed by atoms with Gasteiger partial charge in [-0.2, -0.15) is 10.4 Å². The lowest BCUT2D eigenvalue weighted by Gasteiger charge is -1.81. The van der Waals surface area contributed by atoms with E-state index >= 15 is 0 Å². The largest absolute Gasteiger partial charge is 0.383 e. The summed E-state index contributed by atoms with van der Waals surface area (Å²) in [7, 11) is 1.73. The summed E-state index contributed by atoms with van der Waals surface area (Å²) >= 11 is 0. The molecule has 1 aromatic rings. The minimum atomic E-state index is 0.343. The van der Waals surface area contributed by atoms with Crippen molar-refractivity contribution in [1.29, 1.82) is 5.26 Å². The Morgan fingerprint density at radius 3 is 2.67 bits per heavy atom. The van der Waals surface area contributed by atoms with Crippen molar-refractivity contribution >= 4 is 19.3 Å². The fourth-order valence-electron chi connectivity index (χ4n) is 0.592. The molecule has 9 heavy (non-hydrogen) atoms. The normalized spacial score (nSPS) is 8.78. The molecule has 1 aromatic heterocycles. The van der Waals surface area contributed by atoms with Gasteiger partial charge in [-0.05, 0) is 0 Å². The average molecular weight is 120 g/mol. The zero-order chi connectivity index (χ0) is 6.85. The Hall–Kier alpha value is -1.44. The van der Waals surface area contributed by atoms with Crippen LogP contribution in [0.1, 0.15) is 5.56 Å². The van der Waals surface area contributed by atoms with Crippen LogP contribution in [0.2, 0.25) is 0 Å². The van der Waals surface area contributed by atoms with Crippen LogP contribution in [0.4, 0.5) is 5.82 Å². The molecule has 0 saturated carbocycles. The molecule has 44 valence electrons. The molecule has 1 rings (SSSR count). The van der Waals surface area contributed by atoms with Gasteiger partial charge in [-0.15, -0.1) is 0 Å². The molecule has 0 aromatic carbocycles. The van der Waals surface area contributed by atoms with Gasteiger partial charge in [0.1, 0.15) is 17.5 Å². The second kappa shape index (κ2) is 1.82. The monoisotopic (exact) mass is 120 g/mol. The van der Waals surface area contributed by atoms with Gasteiger partial charge in [-0.3, -0.25) is 5.10 Å². The fourth-order valence-corrected chi connectivity index (χ4v) is 0.592. The van der Waals surface area contributed by atoms with Crippen LogP contribution in [0.25, 0.3) is 0 Å². The van der Waals surface area contributed by atoms with Gasteiger partial charge in [-0.25, -0.2) is 0 Å². The maximum atomic E-state index is 8.40. The second-order valence-corrected chi connectivity index (χ2v) is 1.71. The summed E-state index contributed by atoms with van der Waals surface area (Å²) in [5.74, 6) is 0.343. The van der Waals surface area contributed by atoms with Crippen LogP contribution < -0.4 is 11.3 Å². The molecule has 0 bridgehead atoms. The molecule has 0 aliphatic heterocycles. The topological polar surface area (TPSA) is 78.5 Å². The lowest BCUT2D eigenvalue weighted by Crippen LogP contribution is -2.07. The first kappa shape index (κ1) is 5.70. The summed E-state index contributed by atoms with van der Waals surface area (Å²) < 4.78 is 0. The van der Waals surface area contributed by atoms with Crippen LogP contribution in [0.15, 0.2) is 0 Å². The number of nitrogen functional groups attached to an aromatic ring is 1. The number of nitrogens with two attached hydrogens (primary N) is 1. The van der Waals surface area contributed by atoms with Gasteiger partial charge in [0, 0.05) is 5.59 Å². The van der Waals surface area contributed by atoms with E-state index in [2.05, 4.69) is 10.2 Å². The number of aromatic amines is 1. The highest BCUT2D eigenvalue weighted by Gasteiger charge is 2.02. The Bertz CT molecular complexity index is 239. The Morgan fingerprint density at radius 2 is 2.44 bits per heavy atom. The Kier molecular flexibility index (Phi) is 1.15. The highest BCUT2D eigenvalue weighted by molar-refractivity contribution is 6.32. The predicted molar refractivity (Wildman–Crippen MR) is 35.9 cm³/mol. The van der Waals surface area contributed by atoms with Crippen LogP contribution in [-0.4, -0.2) is 18.0 Å². The second-order valence-electron chi connectivity index (χ2n) is 1.71. The highest BCUT2D eigenvalue weighted by atomic mass is 15.1. The van der Waals surface area contributed by atoms with Crippen LogP contribution in [-0.2, 0) is 0 Å². The fraction of sp³-hybridized carbons (Fsp3) is 0. The van der Waals surface area contributed by atoms with Crippen molar-refractivity contribution in [2.45, 2.75) is 0 Å². The molecule has 3 N–H and O–H groups in total. The number of rotatable bonds is 0. The lowest BCUT2D eigenvalue weighted by molar-refractivity contribution is 1.12. The average Bonchev–Trinajstić information content (AvgIpc) is 2.12. The molecule has 0 fully saturated rings. The van der Waals surface area contributed by atoms with Gasteiger partial charge in [0.05, 0.1) is 0 Å². The highest BCUT2D eigenvalue weighted by Crippen LogP contribution is 1.98. The number of nitrogens with one attached hydrogen (secondary N) is 1. The molecule has 0 amide bonds. The maximum Gasteiger partial charge on any atom is 0.168 e. The van der Waals surface area contributed by atoms with E-state index in [1.807, 2.05) is 6.07 Å². The van der Waals surface area contributed by atoms with E-state index in [4.69, 9.17) is 11.0 Å². The number of nitrogens with zero attached hydrogens (tertiary/aromatic N) is 2. The zero-order valence-corrected chi connectivity index (χ0v) is 4.97. The molecule has 4 nitrogen and oxygen atoms in total. The van der Waals surface area contributed by atoms with Gasteiger partial charge < -0.3 is 5.73 Å². The summed E-state index contributed by atoms with van der Waals surface area (Å²) in [6.07, 6.45) is 0. The van der Waals surface area contributed by atoms with Gasteiger partial charge in [0.2, 0.25) is 0 Å². The third-order valence-electron chi connectivity index (χ3n) is 1.09. The van der Waals surface area contributed by atoms with Crippen molar-refractivity contribution in [2.75, 3.05) is 5.73 Å². The Labute approximate surface area is 53.1 Å². The molecule has 5 heteroatoms. The molecule has 0 unspecified atom stereocenters. The summed E-state index contributed by atoms with van der Waals surface area (Å²) in [6, 6.07) is 1.92. The third-order valence-corrected chi connectivity index (χ3v) is 1.09. The summed E-state index contributed by atoms with van der Waals surface area (Å²) in [4.78, 5) is 0. The summed E-state index contributed by atoms with van der Waals surface area (Å²) in [5.41, 5.74) is 6.40. The third kappa shape index (κ3) is 0.743. The van der Waals surface area contributed by atoms with E-state index in [-0.39, 0.29) is 0 Å². The number of H-pyrrole nitrogens is 1. The van der Waals surface area contributed by atoms with Crippen molar-refractivity contribution in [1.82, 2.24) is 10.2 Å². The standard InChI is InChI=1S/C4H5BN4/c5-3-2(1-6)4(7)9-8-3/h5H2,(H3,7,8,9). The SMILES string of the molecule is Bc1n[nH]c(N)c1C#N. The van der Waals surface area contributed by atoms with E-state index < -0.39 is 0 Å². The lowest BCUT2D eigenvalue weighted by atomic mass is 10.0. The van der Waals surface area contributed by atoms with E-state index in [1.54, 1.807) is 7.85 Å². The maximum absolute atomic E-state index is 8.40. The van der Waals surface area contributed by atoms with Gasteiger partial charge >= 0.3 is 0 Å². The van der Waals surface area contributed by atoms with Gasteiger partial charge in [0.15, 0.2) is 7.85 Å². The molecule has 0 aliphatic carbocycles. The molecule has 0 atom stereocenters. The van der Waals surface area contributed by atoms with E-state index in [0.29, 0.717) is 17.0 Å². The van der Waals surface area contributed by atoms with Crippen molar-refractivity contribution in [3.8, 4) is 6.07 Å². The van der Waals surface area contributed by atoms with Crippen molar-refractivity contribution in [3.63, 3.8) is 0 Å². The van der Waals surface area contributed by atoms with Crippen molar-refractivity contribution < 1.29 is 0 Å². The molecule has 1 heterocycles. The predicted octanol–water partition coefficient (Wildman–Crippen LogP) is -1.88. The number of nitriles is 1. The first-order valence-corrected chi connectivity index (χ1v) is 2.46. The molecule has 0 spiro atoms. The van der Waals surface area contributed by atoms with Crippen LogP contribution in [0, 0.1) is 11.3 Å². The van der Waals surface area contributed by atoms with Crippen molar-refractivity contribution in [3.05, 3.63) is 5.56 Å². The minimum absolute atomic E-state index is 0.343. The molecule has 0 aliphatic rings. The van der Waals surface area contributed by atoms with Gasteiger partial charge in [-0.1, -0.05) is 0 Å². The zero-order valence-electron chi connectivity index (χ0n) is 4.97. The van der Waals surface area contributed by atoms with E-state index in [9.17, 15) is 0 Å². The number of anilines is 1. The van der Waals surface area contributed by atoms with Crippen LogP contribution in [0.3, 0.4) is 0 Å². The number of hydrogen-bond acceptors (Lipinski definition) is 3. The molecular weight excluding hydrogens is 115 g/mol. The van der Waals surface area contributed by atoms with E-state index in [0.717, 1.165) is 0 Å².